The lowest BCUT2D eigenvalue weighted by atomic mass is 10.1. The highest BCUT2D eigenvalue weighted by Crippen LogP contribution is 2.30. The number of fused-ring (bicyclic) bond motifs is 3. The lowest BCUT2D eigenvalue weighted by molar-refractivity contribution is 0.627. The van der Waals surface area contributed by atoms with Gasteiger partial charge in [0.15, 0.2) is 0 Å². The second kappa shape index (κ2) is 3.32. The molecular weight excluding hydrogens is 259 g/mol. The molecule has 0 saturated heterocycles. The van der Waals surface area contributed by atoms with Crippen LogP contribution in [0, 0.1) is 5.82 Å². The van der Waals surface area contributed by atoms with Gasteiger partial charge in [-0.2, -0.15) is 0 Å². The maximum Gasteiger partial charge on any atom is 0.125 e. The van der Waals surface area contributed by atoms with Gasteiger partial charge in [0.05, 0.1) is 5.52 Å². The molecule has 1 aromatic carbocycles. The summed E-state index contributed by atoms with van der Waals surface area (Å²) >= 11 is 3.38. The van der Waals surface area contributed by atoms with Gasteiger partial charge in [-0.05, 0) is 33.6 Å². The van der Waals surface area contributed by atoms with Crippen molar-refractivity contribution in [2.45, 2.75) is 13.0 Å². The van der Waals surface area contributed by atoms with Crippen LogP contribution in [0.4, 0.5) is 4.39 Å². The van der Waals surface area contributed by atoms with E-state index in [1.807, 2.05) is 0 Å². The van der Waals surface area contributed by atoms with E-state index in [2.05, 4.69) is 26.2 Å². The molecule has 0 unspecified atom stereocenters. The van der Waals surface area contributed by atoms with Gasteiger partial charge < -0.3 is 10.3 Å². The van der Waals surface area contributed by atoms with Gasteiger partial charge in [-0.3, -0.25) is 0 Å². The molecule has 0 fully saturated rings. The maximum absolute atomic E-state index is 13.3. The van der Waals surface area contributed by atoms with Crippen molar-refractivity contribution >= 4 is 26.8 Å². The number of H-pyrrole nitrogens is 1. The molecule has 78 valence electrons. The minimum Gasteiger partial charge on any atom is -0.357 e. The number of rotatable bonds is 0. The second-order valence-electron chi connectivity index (χ2n) is 3.82. The fourth-order valence-electron chi connectivity index (χ4n) is 2.17. The van der Waals surface area contributed by atoms with Gasteiger partial charge in [-0.1, -0.05) is 0 Å². The molecule has 0 bridgehead atoms. The van der Waals surface area contributed by atoms with Gasteiger partial charge in [0.1, 0.15) is 5.82 Å². The van der Waals surface area contributed by atoms with Crippen LogP contribution in [0.5, 0.6) is 0 Å². The summed E-state index contributed by atoms with van der Waals surface area (Å²) in [7, 11) is 0. The molecule has 2 N–H and O–H groups in total. The fourth-order valence-corrected chi connectivity index (χ4v) is 2.70. The molecule has 0 radical (unpaired) electrons. The highest BCUT2D eigenvalue weighted by Gasteiger charge is 2.16. The summed E-state index contributed by atoms with van der Waals surface area (Å²) in [5.41, 5.74) is 3.44. The first-order valence-electron chi connectivity index (χ1n) is 4.95. The molecule has 4 heteroatoms. The first-order chi connectivity index (χ1) is 7.25. The molecule has 2 aromatic rings. The van der Waals surface area contributed by atoms with Crippen molar-refractivity contribution in [3.8, 4) is 0 Å². The summed E-state index contributed by atoms with van der Waals surface area (Å²) < 4.78 is 14.1. The summed E-state index contributed by atoms with van der Waals surface area (Å²) in [6, 6.07) is 3.10. The topological polar surface area (TPSA) is 27.8 Å². The molecule has 2 nitrogen and oxygen atoms in total. The molecule has 0 amide bonds. The standard InChI is InChI=1S/C11H10BrFN2/c12-9-4-6(13)3-7-8-5-14-2-1-10(8)15-11(7)9/h3-4,14-15H,1-2,5H2. The molecule has 0 atom stereocenters. The van der Waals surface area contributed by atoms with E-state index < -0.39 is 0 Å². The van der Waals surface area contributed by atoms with Gasteiger partial charge >= 0.3 is 0 Å². The van der Waals surface area contributed by atoms with Gasteiger partial charge in [0.2, 0.25) is 0 Å². The van der Waals surface area contributed by atoms with Gasteiger partial charge in [-0.15, -0.1) is 0 Å². The average molecular weight is 269 g/mol. The first kappa shape index (κ1) is 9.36. The Labute approximate surface area is 95.0 Å². The molecule has 1 aromatic heterocycles. The lowest BCUT2D eigenvalue weighted by Gasteiger charge is -2.12. The molecule has 0 spiro atoms. The summed E-state index contributed by atoms with van der Waals surface area (Å²) in [4.78, 5) is 3.36. The van der Waals surface area contributed by atoms with Crippen LogP contribution in [0.15, 0.2) is 16.6 Å². The number of benzene rings is 1. The Hall–Kier alpha value is -0.870. The molecule has 1 aliphatic heterocycles. The van der Waals surface area contributed by atoms with E-state index in [0.717, 1.165) is 34.9 Å². The monoisotopic (exact) mass is 268 g/mol. The molecule has 0 aliphatic carbocycles. The minimum atomic E-state index is -0.193. The van der Waals surface area contributed by atoms with Gasteiger partial charge in [0.25, 0.3) is 0 Å². The van der Waals surface area contributed by atoms with Crippen molar-refractivity contribution in [2.24, 2.45) is 0 Å². The van der Waals surface area contributed by atoms with Crippen LogP contribution >= 0.6 is 15.9 Å². The number of hydrogen-bond donors (Lipinski definition) is 2. The Morgan fingerprint density at radius 3 is 3.07 bits per heavy atom. The third kappa shape index (κ3) is 1.40. The quantitative estimate of drug-likeness (QED) is 0.756. The third-order valence-corrected chi connectivity index (χ3v) is 3.50. The molecule has 3 rings (SSSR count). The van der Waals surface area contributed by atoms with Crippen LogP contribution in [-0.2, 0) is 13.0 Å². The van der Waals surface area contributed by atoms with Crippen LogP contribution in [0.1, 0.15) is 11.3 Å². The van der Waals surface area contributed by atoms with E-state index in [1.54, 1.807) is 6.07 Å². The number of aromatic nitrogens is 1. The van der Waals surface area contributed by atoms with Gasteiger partial charge in [0, 0.05) is 35.1 Å². The van der Waals surface area contributed by atoms with Crippen molar-refractivity contribution in [1.29, 1.82) is 0 Å². The second-order valence-corrected chi connectivity index (χ2v) is 4.67. The van der Waals surface area contributed by atoms with Crippen LogP contribution in [0.2, 0.25) is 0 Å². The number of halogens is 2. The fraction of sp³-hybridized carbons (Fsp3) is 0.273. The van der Waals surface area contributed by atoms with Crippen molar-refractivity contribution in [3.05, 3.63) is 33.7 Å². The van der Waals surface area contributed by atoms with E-state index in [4.69, 9.17) is 0 Å². The predicted molar refractivity (Wildman–Crippen MR) is 61.4 cm³/mol. The van der Waals surface area contributed by atoms with Crippen LogP contribution in [-0.4, -0.2) is 11.5 Å². The lowest BCUT2D eigenvalue weighted by Crippen LogP contribution is -2.22. The van der Waals surface area contributed by atoms with E-state index >= 15 is 0 Å². The molecule has 2 heterocycles. The largest absolute Gasteiger partial charge is 0.357 e. The Kier molecular flexibility index (Phi) is 2.07. The number of aromatic amines is 1. The maximum atomic E-state index is 13.3. The number of nitrogens with one attached hydrogen (secondary N) is 2. The Morgan fingerprint density at radius 1 is 1.33 bits per heavy atom. The van der Waals surface area contributed by atoms with Crippen molar-refractivity contribution in [3.63, 3.8) is 0 Å². The van der Waals surface area contributed by atoms with Crippen molar-refractivity contribution < 1.29 is 4.39 Å². The Morgan fingerprint density at radius 2 is 2.20 bits per heavy atom. The highest BCUT2D eigenvalue weighted by molar-refractivity contribution is 9.10. The van der Waals surface area contributed by atoms with Crippen molar-refractivity contribution in [1.82, 2.24) is 10.3 Å². The first-order valence-corrected chi connectivity index (χ1v) is 5.74. The zero-order valence-corrected chi connectivity index (χ0v) is 9.62. The third-order valence-electron chi connectivity index (χ3n) is 2.87. The van der Waals surface area contributed by atoms with Crippen LogP contribution in [0.3, 0.4) is 0 Å². The normalized spacial score (nSPS) is 15.6. The molecule has 15 heavy (non-hydrogen) atoms. The average Bonchev–Trinajstić information content (AvgIpc) is 2.57. The molecule has 0 saturated carbocycles. The molecular formula is C11H10BrFN2. The molecule has 1 aliphatic rings. The number of hydrogen-bond acceptors (Lipinski definition) is 1. The van der Waals surface area contributed by atoms with Crippen LogP contribution < -0.4 is 5.32 Å². The smallest absolute Gasteiger partial charge is 0.125 e. The minimum absolute atomic E-state index is 0.193. The SMILES string of the molecule is Fc1cc(Br)c2[nH]c3c(c2c1)CNCC3. The Balaban J connectivity index is 2.37. The summed E-state index contributed by atoms with van der Waals surface area (Å²) in [5.74, 6) is -0.193. The summed E-state index contributed by atoms with van der Waals surface area (Å²) in [6.07, 6.45) is 0.984. The van der Waals surface area contributed by atoms with Crippen molar-refractivity contribution in [2.75, 3.05) is 6.54 Å². The summed E-state index contributed by atoms with van der Waals surface area (Å²) in [6.45, 7) is 1.81. The van der Waals surface area contributed by atoms with E-state index in [1.165, 1.54) is 17.3 Å². The van der Waals surface area contributed by atoms with Gasteiger partial charge in [-0.25, -0.2) is 4.39 Å². The zero-order chi connectivity index (χ0) is 10.4. The van der Waals surface area contributed by atoms with E-state index in [9.17, 15) is 4.39 Å². The predicted octanol–water partition coefficient (Wildman–Crippen LogP) is 2.72. The summed E-state index contributed by atoms with van der Waals surface area (Å²) in [5, 5.41) is 4.29. The Bertz CT molecular complexity index is 533. The zero-order valence-electron chi connectivity index (χ0n) is 8.03. The highest BCUT2D eigenvalue weighted by atomic mass is 79.9. The van der Waals surface area contributed by atoms with E-state index in [-0.39, 0.29) is 5.82 Å². The van der Waals surface area contributed by atoms with Crippen LogP contribution in [0.25, 0.3) is 10.9 Å². The van der Waals surface area contributed by atoms with E-state index in [0.29, 0.717) is 0 Å².